The normalized spacial score (nSPS) is 22.9. The van der Waals surface area contributed by atoms with Crippen LogP contribution in [-0.4, -0.2) is 55.6 Å². The van der Waals surface area contributed by atoms with E-state index in [0.29, 0.717) is 17.2 Å². The van der Waals surface area contributed by atoms with E-state index in [1.54, 1.807) is 4.98 Å². The van der Waals surface area contributed by atoms with Crippen molar-refractivity contribution in [3.63, 3.8) is 0 Å². The number of carbonyl (C=O) groups is 1. The van der Waals surface area contributed by atoms with Crippen molar-refractivity contribution < 1.29 is 29.2 Å². The molecule has 224 valence electrons. The molecule has 1 aliphatic rings. The third kappa shape index (κ3) is 9.62. The van der Waals surface area contributed by atoms with Gasteiger partial charge in [0.1, 0.15) is 18.3 Å². The number of rotatable bonds is 21. The van der Waals surface area contributed by atoms with Gasteiger partial charge in [-0.05, 0) is 6.42 Å². The Morgan fingerprint density at radius 2 is 1.36 bits per heavy atom. The number of ether oxygens (including phenoxy) is 1. The van der Waals surface area contributed by atoms with Crippen molar-refractivity contribution in [1.82, 2.24) is 9.55 Å². The number of H-pyrrole nitrogens is 1. The van der Waals surface area contributed by atoms with Gasteiger partial charge in [-0.15, -0.1) is 0 Å². The molecule has 0 spiro atoms. The molecule has 1 aromatic heterocycles. The number of hydrogen-bond donors (Lipinski definition) is 4. The smallest absolute Gasteiger partial charge is 0.331 e. The number of carbonyl (C=O) groups excluding carboxylic acids is 1. The molecule has 0 saturated carbocycles. The maximum absolute atomic E-state index is 14.0. The van der Waals surface area contributed by atoms with Crippen molar-refractivity contribution in [2.24, 2.45) is 0 Å². The largest absolute Gasteiger partial charge is 0.394 e. The monoisotopic (exact) mass is 556 g/mol. The Labute approximate surface area is 230 Å². The molecule has 0 bridgehead atoms. The molecule has 39 heavy (non-hydrogen) atoms. The number of aromatic amines is 1. The Hall–Kier alpha value is -1.88. The lowest BCUT2D eigenvalue weighted by Crippen LogP contribution is -2.56. The average Bonchev–Trinajstić information content (AvgIpc) is 3.18. The number of ketones is 1. The van der Waals surface area contributed by atoms with Crippen LogP contribution in [0.15, 0.2) is 15.8 Å². The minimum absolute atomic E-state index is 0.0896. The first kappa shape index (κ1) is 33.3. The molecule has 0 amide bonds. The fourth-order valence-electron chi connectivity index (χ4n) is 5.40. The topological polar surface area (TPSA) is 142 Å². The van der Waals surface area contributed by atoms with E-state index in [0.717, 1.165) is 25.7 Å². The highest BCUT2D eigenvalue weighted by Gasteiger charge is 2.60. The van der Waals surface area contributed by atoms with Gasteiger partial charge in [-0.25, -0.2) is 4.79 Å². The predicted octanol–water partition coefficient (Wildman–Crippen LogP) is 4.05. The van der Waals surface area contributed by atoms with Crippen LogP contribution in [0.3, 0.4) is 0 Å². The maximum atomic E-state index is 14.0. The molecule has 1 fully saturated rings. The number of aromatic nitrogens is 2. The first-order valence-electron chi connectivity index (χ1n) is 15.0. The van der Waals surface area contributed by atoms with Gasteiger partial charge in [-0.3, -0.25) is 19.1 Å². The molecule has 1 aliphatic heterocycles. The second-order valence-electron chi connectivity index (χ2n) is 10.9. The van der Waals surface area contributed by atoms with Crippen LogP contribution in [0.25, 0.3) is 0 Å². The summed E-state index contributed by atoms with van der Waals surface area (Å²) < 4.78 is 20.0. The lowest BCUT2D eigenvalue weighted by atomic mass is 9.94. The molecule has 9 nitrogen and oxygen atoms in total. The van der Waals surface area contributed by atoms with Gasteiger partial charge in [-0.2, -0.15) is 4.39 Å². The van der Waals surface area contributed by atoms with E-state index >= 15 is 0 Å². The van der Waals surface area contributed by atoms with Gasteiger partial charge in [0.2, 0.25) is 11.5 Å². The summed E-state index contributed by atoms with van der Waals surface area (Å²) in [6.07, 6.45) is 15.6. The van der Waals surface area contributed by atoms with E-state index in [2.05, 4.69) is 6.92 Å². The van der Waals surface area contributed by atoms with Crippen LogP contribution in [0.1, 0.15) is 122 Å². The van der Waals surface area contributed by atoms with Crippen LogP contribution >= 0.6 is 0 Å². The summed E-state index contributed by atoms with van der Waals surface area (Å²) in [6.45, 7) is 1.51. The van der Waals surface area contributed by atoms with E-state index in [9.17, 15) is 34.1 Å². The van der Waals surface area contributed by atoms with Crippen molar-refractivity contribution in [2.75, 3.05) is 6.61 Å². The Balaban J connectivity index is 1.69. The van der Waals surface area contributed by atoms with Crippen LogP contribution in [0, 0.1) is 5.82 Å². The quantitative estimate of drug-likeness (QED) is 0.167. The Morgan fingerprint density at radius 1 is 0.897 bits per heavy atom. The Bertz CT molecular complexity index is 966. The average molecular weight is 557 g/mol. The molecule has 0 unspecified atom stereocenters. The Kier molecular flexibility index (Phi) is 15.2. The van der Waals surface area contributed by atoms with Crippen molar-refractivity contribution in [1.29, 1.82) is 0 Å². The zero-order valence-electron chi connectivity index (χ0n) is 23.5. The molecule has 0 radical (unpaired) electrons. The van der Waals surface area contributed by atoms with Gasteiger partial charge in [-0.1, -0.05) is 110 Å². The van der Waals surface area contributed by atoms with Gasteiger partial charge < -0.3 is 20.1 Å². The van der Waals surface area contributed by atoms with E-state index in [4.69, 9.17) is 4.74 Å². The van der Waals surface area contributed by atoms with Crippen LogP contribution in [0.2, 0.25) is 0 Å². The zero-order valence-corrected chi connectivity index (χ0v) is 23.5. The van der Waals surface area contributed by atoms with Gasteiger partial charge in [0.25, 0.3) is 5.56 Å². The number of aliphatic hydroxyl groups is 3. The van der Waals surface area contributed by atoms with Crippen LogP contribution < -0.4 is 11.2 Å². The van der Waals surface area contributed by atoms with Gasteiger partial charge >= 0.3 is 5.69 Å². The highest BCUT2D eigenvalue weighted by Crippen LogP contribution is 2.37. The minimum Gasteiger partial charge on any atom is -0.394 e. The van der Waals surface area contributed by atoms with E-state index < -0.39 is 53.5 Å². The van der Waals surface area contributed by atoms with E-state index in [1.807, 2.05) is 0 Å². The molecule has 0 aliphatic carbocycles. The first-order valence-corrected chi connectivity index (χ1v) is 15.0. The van der Waals surface area contributed by atoms with Crippen LogP contribution in [0.4, 0.5) is 4.39 Å². The third-order valence-electron chi connectivity index (χ3n) is 7.78. The second kappa shape index (κ2) is 17.7. The summed E-state index contributed by atoms with van der Waals surface area (Å²) in [5.41, 5.74) is -4.88. The highest BCUT2D eigenvalue weighted by atomic mass is 19.1. The number of hydrogen-bond acceptors (Lipinski definition) is 7. The van der Waals surface area contributed by atoms with Crippen LogP contribution in [0.5, 0.6) is 0 Å². The summed E-state index contributed by atoms with van der Waals surface area (Å²) >= 11 is 0. The van der Waals surface area contributed by atoms with Crippen molar-refractivity contribution in [3.8, 4) is 0 Å². The van der Waals surface area contributed by atoms with Gasteiger partial charge in [0, 0.05) is 6.42 Å². The minimum atomic E-state index is -2.44. The van der Waals surface area contributed by atoms with Crippen molar-refractivity contribution in [2.45, 2.75) is 147 Å². The fraction of sp³-hybridized carbons (Fsp3) is 0.828. The molecule has 1 saturated heterocycles. The second-order valence-corrected chi connectivity index (χ2v) is 10.9. The molecular formula is C29H49FN2O7. The summed E-state index contributed by atoms with van der Waals surface area (Å²) in [4.78, 5) is 38.9. The van der Waals surface area contributed by atoms with Crippen LogP contribution in [-0.2, 0) is 15.3 Å². The molecule has 4 N–H and O–H groups in total. The van der Waals surface area contributed by atoms with E-state index in [-0.39, 0.29) is 6.42 Å². The number of Topliss-reactive ketones (excluding diaryl/α,β-unsaturated/α-hetero) is 1. The summed E-state index contributed by atoms with van der Waals surface area (Å²) in [7, 11) is 0. The number of aliphatic hydroxyl groups excluding tert-OH is 3. The highest BCUT2D eigenvalue weighted by molar-refractivity contribution is 5.86. The molecular weight excluding hydrogens is 507 g/mol. The van der Waals surface area contributed by atoms with Gasteiger partial charge in [0.05, 0.1) is 12.8 Å². The number of unbranched alkanes of at least 4 members (excludes halogenated alkanes) is 16. The predicted molar refractivity (Wildman–Crippen MR) is 147 cm³/mol. The summed E-state index contributed by atoms with van der Waals surface area (Å²) in [6, 6.07) is 0. The molecule has 2 rings (SSSR count). The SMILES string of the molecule is CCCCCCCCCCCCCCCCCCCC(=O)[C@@]1(n2cc(F)c(=O)[nH]c2=O)O[C@H](CO)[C@@H](O)[C@H]1O. The first-order chi connectivity index (χ1) is 18.8. The number of nitrogens with one attached hydrogen (secondary N) is 1. The molecule has 0 aromatic carbocycles. The maximum Gasteiger partial charge on any atom is 0.331 e. The third-order valence-corrected chi connectivity index (χ3v) is 7.78. The van der Waals surface area contributed by atoms with E-state index in [1.165, 1.54) is 77.0 Å². The fourth-order valence-corrected chi connectivity index (χ4v) is 5.40. The summed E-state index contributed by atoms with van der Waals surface area (Å²) in [5.74, 6) is -2.09. The molecule has 2 heterocycles. The standard InChI is InChI=1S/C29H49FN2O7/c1-2-3-4-5-6-7-8-9-10-11-12-13-14-15-16-17-18-19-24(34)29(26(36)25(35)23(21-33)39-29)32-20-22(30)27(37)31-28(32)38/h20,23,25-26,33,35-36H,2-19,21H2,1H3,(H,31,37,38)/t23-,25-,26-,29-/m1/s1. The lowest BCUT2D eigenvalue weighted by Gasteiger charge is -2.32. The summed E-state index contributed by atoms with van der Waals surface area (Å²) in [5, 5.41) is 30.4. The van der Waals surface area contributed by atoms with Gasteiger partial charge in [0.15, 0.2) is 5.78 Å². The number of nitrogens with zero attached hydrogens (tertiary/aromatic N) is 1. The number of halogens is 1. The zero-order chi connectivity index (χ0) is 28.7. The Morgan fingerprint density at radius 3 is 1.79 bits per heavy atom. The van der Waals surface area contributed by atoms with Crippen molar-refractivity contribution in [3.05, 3.63) is 32.9 Å². The lowest BCUT2D eigenvalue weighted by molar-refractivity contribution is -0.176. The molecule has 4 atom stereocenters. The van der Waals surface area contributed by atoms with Crippen molar-refractivity contribution >= 4 is 5.78 Å². The molecule has 1 aromatic rings. The molecule has 10 heteroatoms.